The number of likely N-dealkylation sites (tertiary alicyclic amines) is 1. The van der Waals surface area contributed by atoms with Crippen LogP contribution in [-0.4, -0.2) is 46.1 Å². The maximum Gasteiger partial charge on any atom is 0.416 e. The average molecular weight is 419 g/mol. The molecule has 1 aromatic carbocycles. The molecule has 1 spiro atoms. The highest BCUT2D eigenvalue weighted by Crippen LogP contribution is 2.34. The van der Waals surface area contributed by atoms with Crippen LogP contribution in [0.15, 0.2) is 42.6 Å². The monoisotopic (exact) mass is 419 g/mol. The summed E-state index contributed by atoms with van der Waals surface area (Å²) in [6.07, 6.45) is -1.43. The van der Waals surface area contributed by atoms with Gasteiger partial charge in [0.1, 0.15) is 5.60 Å². The molecule has 1 aromatic heterocycles. The van der Waals surface area contributed by atoms with Crippen molar-refractivity contribution in [1.82, 2.24) is 14.8 Å². The molecule has 0 N–H and O–H groups in total. The molecule has 0 bridgehead atoms. The molecule has 5 nitrogen and oxygen atoms in total. The number of halogens is 3. The number of aryl methyl sites for hydroxylation is 1. The van der Waals surface area contributed by atoms with E-state index >= 15 is 0 Å². The molecule has 30 heavy (non-hydrogen) atoms. The molecular weight excluding hydrogens is 395 g/mol. The molecule has 0 atom stereocenters. The summed E-state index contributed by atoms with van der Waals surface area (Å²) in [5.41, 5.74) is 1.62. The zero-order chi connectivity index (χ0) is 21.4. The van der Waals surface area contributed by atoms with Crippen LogP contribution in [-0.2, 0) is 24.0 Å². The molecule has 8 heteroatoms. The molecule has 0 saturated carbocycles. The number of hydrogen-bond acceptors (Lipinski definition) is 4. The SMILES string of the molecule is Cc1ccc(CN2CC3(CCN(Cc4ccc(C(F)(F)F)cc4)CC3)OC2=O)nc1. The maximum atomic E-state index is 12.7. The molecule has 160 valence electrons. The van der Waals surface area contributed by atoms with Crippen LogP contribution in [0.1, 0.15) is 35.2 Å². The Kier molecular flexibility index (Phi) is 5.44. The van der Waals surface area contributed by atoms with E-state index in [1.165, 1.54) is 12.1 Å². The molecule has 3 heterocycles. The molecular formula is C22H24F3N3O2. The highest BCUT2D eigenvalue weighted by molar-refractivity contribution is 5.70. The fraction of sp³-hybridized carbons (Fsp3) is 0.455. The van der Waals surface area contributed by atoms with E-state index in [0.29, 0.717) is 32.5 Å². The molecule has 2 saturated heterocycles. The topological polar surface area (TPSA) is 45.7 Å². The Hall–Kier alpha value is -2.61. The fourth-order valence-corrected chi connectivity index (χ4v) is 4.04. The lowest BCUT2D eigenvalue weighted by atomic mass is 9.91. The van der Waals surface area contributed by atoms with Crippen molar-refractivity contribution in [3.8, 4) is 0 Å². The van der Waals surface area contributed by atoms with Gasteiger partial charge in [0.25, 0.3) is 0 Å². The van der Waals surface area contributed by atoms with E-state index < -0.39 is 17.3 Å². The quantitative estimate of drug-likeness (QED) is 0.737. The number of rotatable bonds is 4. The number of hydrogen-bond donors (Lipinski definition) is 0. The number of ether oxygens (including phenoxy) is 1. The summed E-state index contributed by atoms with van der Waals surface area (Å²) < 4.78 is 43.9. The number of alkyl halides is 3. The number of nitrogens with zero attached hydrogens (tertiary/aromatic N) is 3. The van der Waals surface area contributed by atoms with Crippen molar-refractivity contribution in [2.24, 2.45) is 0 Å². The van der Waals surface area contributed by atoms with Gasteiger partial charge in [-0.25, -0.2) is 4.79 Å². The highest BCUT2D eigenvalue weighted by Gasteiger charge is 2.46. The Bertz CT molecular complexity index is 889. The van der Waals surface area contributed by atoms with Gasteiger partial charge in [-0.15, -0.1) is 0 Å². The standard InChI is InChI=1S/C22H24F3N3O2/c1-16-2-7-19(26-12-16)14-28-15-21(30-20(28)29)8-10-27(11-9-21)13-17-3-5-18(6-4-17)22(23,24)25/h2-7,12H,8-11,13-15H2,1H3. The minimum absolute atomic E-state index is 0.312. The number of amides is 1. The third kappa shape index (κ3) is 4.59. The maximum absolute atomic E-state index is 12.7. The molecule has 0 aliphatic carbocycles. The number of piperidine rings is 1. The van der Waals surface area contributed by atoms with Crippen molar-refractivity contribution in [3.05, 3.63) is 65.0 Å². The van der Waals surface area contributed by atoms with Gasteiger partial charge >= 0.3 is 12.3 Å². The van der Waals surface area contributed by atoms with E-state index in [4.69, 9.17) is 4.74 Å². The van der Waals surface area contributed by atoms with Crippen LogP contribution in [0.2, 0.25) is 0 Å². The summed E-state index contributed by atoms with van der Waals surface area (Å²) in [5.74, 6) is 0. The molecule has 2 aliphatic rings. The van der Waals surface area contributed by atoms with Crippen LogP contribution in [0.3, 0.4) is 0 Å². The van der Waals surface area contributed by atoms with E-state index in [0.717, 1.165) is 42.0 Å². The molecule has 2 aliphatic heterocycles. The van der Waals surface area contributed by atoms with Crippen LogP contribution in [0.4, 0.5) is 18.0 Å². The van der Waals surface area contributed by atoms with Crippen LogP contribution in [0, 0.1) is 6.92 Å². The minimum Gasteiger partial charge on any atom is -0.441 e. The Morgan fingerprint density at radius 2 is 1.77 bits per heavy atom. The number of aromatic nitrogens is 1. The molecule has 2 aromatic rings. The van der Waals surface area contributed by atoms with Gasteiger partial charge < -0.3 is 4.74 Å². The summed E-state index contributed by atoms with van der Waals surface area (Å²) in [5, 5.41) is 0. The average Bonchev–Trinajstić information content (AvgIpc) is 3.00. The van der Waals surface area contributed by atoms with E-state index in [1.807, 2.05) is 19.1 Å². The first-order valence-electron chi connectivity index (χ1n) is 10.0. The second-order valence-corrected chi connectivity index (χ2v) is 8.20. The predicted molar refractivity (Wildman–Crippen MR) is 105 cm³/mol. The smallest absolute Gasteiger partial charge is 0.416 e. The number of carbonyl (C=O) groups is 1. The van der Waals surface area contributed by atoms with Crippen molar-refractivity contribution < 1.29 is 22.7 Å². The van der Waals surface area contributed by atoms with Crippen molar-refractivity contribution in [3.63, 3.8) is 0 Å². The second kappa shape index (κ2) is 7.91. The van der Waals surface area contributed by atoms with Crippen LogP contribution < -0.4 is 0 Å². The Labute approximate surface area is 173 Å². The van der Waals surface area contributed by atoms with E-state index in [-0.39, 0.29) is 6.09 Å². The van der Waals surface area contributed by atoms with Crippen LogP contribution in [0.25, 0.3) is 0 Å². The summed E-state index contributed by atoms with van der Waals surface area (Å²) in [6, 6.07) is 9.19. The third-order valence-electron chi connectivity index (χ3n) is 5.82. The van der Waals surface area contributed by atoms with Crippen molar-refractivity contribution in [2.75, 3.05) is 19.6 Å². The number of pyridine rings is 1. The van der Waals surface area contributed by atoms with E-state index in [1.54, 1.807) is 11.1 Å². The zero-order valence-electron chi connectivity index (χ0n) is 16.8. The second-order valence-electron chi connectivity index (χ2n) is 8.20. The van der Waals surface area contributed by atoms with E-state index in [2.05, 4.69) is 9.88 Å². The molecule has 0 unspecified atom stereocenters. The van der Waals surface area contributed by atoms with Crippen LogP contribution in [0.5, 0.6) is 0 Å². The summed E-state index contributed by atoms with van der Waals surface area (Å²) in [7, 11) is 0. The predicted octanol–water partition coefficient (Wildman–Crippen LogP) is 4.40. The Morgan fingerprint density at radius 1 is 1.07 bits per heavy atom. The minimum atomic E-state index is -4.32. The van der Waals surface area contributed by atoms with Crippen molar-refractivity contribution in [1.29, 1.82) is 0 Å². The van der Waals surface area contributed by atoms with E-state index in [9.17, 15) is 18.0 Å². The first-order chi connectivity index (χ1) is 14.2. The van der Waals surface area contributed by atoms with Gasteiger partial charge in [-0.05, 0) is 36.2 Å². The zero-order valence-corrected chi connectivity index (χ0v) is 16.8. The van der Waals surface area contributed by atoms with Gasteiger partial charge in [0.05, 0.1) is 24.3 Å². The molecule has 2 fully saturated rings. The highest BCUT2D eigenvalue weighted by atomic mass is 19.4. The Balaban J connectivity index is 1.31. The van der Waals surface area contributed by atoms with Gasteiger partial charge in [0, 0.05) is 38.7 Å². The Morgan fingerprint density at radius 3 is 2.37 bits per heavy atom. The summed E-state index contributed by atoms with van der Waals surface area (Å²) in [6.45, 7) is 4.97. The largest absolute Gasteiger partial charge is 0.441 e. The summed E-state index contributed by atoms with van der Waals surface area (Å²) in [4.78, 5) is 20.6. The number of carbonyl (C=O) groups excluding carboxylic acids is 1. The molecule has 1 amide bonds. The first kappa shape index (κ1) is 20.7. The lowest BCUT2D eigenvalue weighted by Gasteiger charge is -2.37. The molecule has 0 radical (unpaired) electrons. The lowest BCUT2D eigenvalue weighted by molar-refractivity contribution is -0.137. The summed E-state index contributed by atoms with van der Waals surface area (Å²) >= 11 is 0. The van der Waals surface area contributed by atoms with Gasteiger partial charge in [-0.2, -0.15) is 13.2 Å². The first-order valence-corrected chi connectivity index (χ1v) is 10.0. The van der Waals surface area contributed by atoms with Gasteiger partial charge in [-0.3, -0.25) is 14.8 Å². The van der Waals surface area contributed by atoms with Gasteiger partial charge in [-0.1, -0.05) is 18.2 Å². The van der Waals surface area contributed by atoms with Crippen LogP contribution >= 0.6 is 0 Å². The van der Waals surface area contributed by atoms with Crippen molar-refractivity contribution >= 4 is 6.09 Å². The number of benzene rings is 1. The van der Waals surface area contributed by atoms with Crippen molar-refractivity contribution in [2.45, 2.75) is 44.6 Å². The van der Waals surface area contributed by atoms with Gasteiger partial charge in [0.2, 0.25) is 0 Å². The normalized spacial score (nSPS) is 19.3. The van der Waals surface area contributed by atoms with Gasteiger partial charge in [0.15, 0.2) is 0 Å². The molecule has 4 rings (SSSR count). The fourth-order valence-electron chi connectivity index (χ4n) is 4.04. The third-order valence-corrected chi connectivity index (χ3v) is 5.82. The lowest BCUT2D eigenvalue weighted by Crippen LogP contribution is -2.46.